The third-order valence-corrected chi connectivity index (χ3v) is 4.09. The van der Waals surface area contributed by atoms with Gasteiger partial charge in [-0.25, -0.2) is 0 Å². The molecule has 1 saturated heterocycles. The zero-order valence-corrected chi connectivity index (χ0v) is 10.5. The summed E-state index contributed by atoms with van der Waals surface area (Å²) in [6.45, 7) is 5.84. The minimum Gasteiger partial charge on any atom is -0.480 e. The molecule has 0 aromatic rings. The van der Waals surface area contributed by atoms with Crippen molar-refractivity contribution in [2.75, 3.05) is 24.6 Å². The maximum Gasteiger partial charge on any atom is 0.323 e. The summed E-state index contributed by atoms with van der Waals surface area (Å²) in [5, 5.41) is 9.28. The summed E-state index contributed by atoms with van der Waals surface area (Å²) < 4.78 is 0. The molecule has 0 aliphatic carbocycles. The highest BCUT2D eigenvalue weighted by Gasteiger charge is 2.40. The molecule has 0 saturated carbocycles. The average Bonchev–Trinajstić information content (AvgIpc) is 2.21. The molecule has 1 heterocycles. The number of likely N-dealkylation sites (tertiary alicyclic amines) is 1. The van der Waals surface area contributed by atoms with Gasteiger partial charge in [0.15, 0.2) is 0 Å². The van der Waals surface area contributed by atoms with Crippen LogP contribution in [-0.2, 0) is 4.79 Å². The number of nitrogens with zero attached hydrogens (tertiary/aromatic N) is 1. The van der Waals surface area contributed by atoms with E-state index in [1.807, 2.05) is 18.7 Å². The Labute approximate surface area is 96.2 Å². The SMILES string of the molecule is CCSCCN1CCCCC1(C)C(=O)O. The second kappa shape index (κ2) is 5.75. The van der Waals surface area contributed by atoms with Crippen LogP contribution in [-0.4, -0.2) is 46.1 Å². The maximum atomic E-state index is 11.3. The average molecular weight is 231 g/mol. The van der Waals surface area contributed by atoms with Gasteiger partial charge in [0.2, 0.25) is 0 Å². The number of carbonyl (C=O) groups is 1. The van der Waals surface area contributed by atoms with Crippen molar-refractivity contribution in [1.82, 2.24) is 4.90 Å². The lowest BCUT2D eigenvalue weighted by Crippen LogP contribution is -2.55. The van der Waals surface area contributed by atoms with Gasteiger partial charge >= 0.3 is 5.97 Å². The molecular formula is C11H21NO2S. The molecule has 0 aromatic carbocycles. The number of thioether (sulfide) groups is 1. The summed E-state index contributed by atoms with van der Waals surface area (Å²) in [5.41, 5.74) is -0.619. The first kappa shape index (κ1) is 12.8. The minimum atomic E-state index is -0.663. The zero-order chi connectivity index (χ0) is 11.3. The predicted molar refractivity (Wildman–Crippen MR) is 64.5 cm³/mol. The molecule has 0 bridgehead atoms. The van der Waals surface area contributed by atoms with E-state index in [4.69, 9.17) is 0 Å². The van der Waals surface area contributed by atoms with E-state index in [0.717, 1.165) is 43.9 Å². The lowest BCUT2D eigenvalue weighted by Gasteiger charge is -2.41. The van der Waals surface area contributed by atoms with Gasteiger partial charge in [-0.3, -0.25) is 9.69 Å². The molecular weight excluding hydrogens is 210 g/mol. The fraction of sp³-hybridized carbons (Fsp3) is 0.909. The maximum absolute atomic E-state index is 11.3. The molecule has 88 valence electrons. The molecule has 1 aliphatic rings. The number of aliphatic carboxylic acids is 1. The van der Waals surface area contributed by atoms with Crippen LogP contribution in [0.5, 0.6) is 0 Å². The second-order valence-corrected chi connectivity index (χ2v) is 5.61. The third-order valence-electron chi connectivity index (χ3n) is 3.21. The number of rotatable bonds is 5. The lowest BCUT2D eigenvalue weighted by atomic mass is 9.88. The van der Waals surface area contributed by atoms with Crippen molar-refractivity contribution in [3.63, 3.8) is 0 Å². The molecule has 0 aromatic heterocycles. The summed E-state index contributed by atoms with van der Waals surface area (Å²) in [6.07, 6.45) is 2.97. The molecule has 3 nitrogen and oxygen atoms in total. The Kier molecular flexibility index (Phi) is 4.93. The van der Waals surface area contributed by atoms with E-state index in [1.165, 1.54) is 0 Å². The van der Waals surface area contributed by atoms with Crippen molar-refractivity contribution in [3.05, 3.63) is 0 Å². The fourth-order valence-electron chi connectivity index (χ4n) is 2.10. The van der Waals surface area contributed by atoms with Crippen LogP contribution >= 0.6 is 11.8 Å². The molecule has 1 N–H and O–H groups in total. The van der Waals surface area contributed by atoms with Crippen molar-refractivity contribution in [2.24, 2.45) is 0 Å². The summed E-state index contributed by atoms with van der Waals surface area (Å²) in [5.74, 6) is 1.49. The molecule has 0 spiro atoms. The van der Waals surface area contributed by atoms with Crippen LogP contribution in [0, 0.1) is 0 Å². The van der Waals surface area contributed by atoms with Crippen molar-refractivity contribution in [2.45, 2.75) is 38.6 Å². The molecule has 0 radical (unpaired) electrons. The van der Waals surface area contributed by atoms with E-state index in [-0.39, 0.29) is 0 Å². The van der Waals surface area contributed by atoms with Crippen LogP contribution < -0.4 is 0 Å². The Hall–Kier alpha value is -0.220. The molecule has 1 aliphatic heterocycles. The largest absolute Gasteiger partial charge is 0.480 e. The molecule has 4 heteroatoms. The molecule has 1 fully saturated rings. The summed E-state index contributed by atoms with van der Waals surface area (Å²) in [6, 6.07) is 0. The van der Waals surface area contributed by atoms with E-state index < -0.39 is 11.5 Å². The molecule has 1 unspecified atom stereocenters. The number of carboxylic acid groups (broad SMARTS) is 1. The number of hydrogen-bond acceptors (Lipinski definition) is 3. The van der Waals surface area contributed by atoms with Crippen LogP contribution in [0.3, 0.4) is 0 Å². The summed E-state index contributed by atoms with van der Waals surface area (Å²) >= 11 is 1.88. The quantitative estimate of drug-likeness (QED) is 0.735. The first-order valence-corrected chi connectivity index (χ1v) is 6.83. The normalized spacial score (nSPS) is 27.9. The van der Waals surface area contributed by atoms with E-state index in [2.05, 4.69) is 11.8 Å². The van der Waals surface area contributed by atoms with Gasteiger partial charge in [-0.2, -0.15) is 11.8 Å². The summed E-state index contributed by atoms with van der Waals surface area (Å²) in [7, 11) is 0. The standard InChI is InChI=1S/C11H21NO2S/c1-3-15-9-8-12-7-5-4-6-11(12,2)10(13)14/h3-9H2,1-2H3,(H,13,14). The van der Waals surface area contributed by atoms with Gasteiger partial charge in [0.25, 0.3) is 0 Å². The van der Waals surface area contributed by atoms with Gasteiger partial charge in [-0.15, -0.1) is 0 Å². The smallest absolute Gasteiger partial charge is 0.323 e. The molecule has 15 heavy (non-hydrogen) atoms. The zero-order valence-electron chi connectivity index (χ0n) is 9.66. The first-order valence-electron chi connectivity index (χ1n) is 5.67. The van der Waals surface area contributed by atoms with Crippen LogP contribution in [0.25, 0.3) is 0 Å². The lowest BCUT2D eigenvalue weighted by molar-refractivity contribution is -0.152. The van der Waals surface area contributed by atoms with Crippen molar-refractivity contribution in [3.8, 4) is 0 Å². The van der Waals surface area contributed by atoms with Gasteiger partial charge < -0.3 is 5.11 Å². The first-order chi connectivity index (χ1) is 7.11. The topological polar surface area (TPSA) is 40.5 Å². The molecule has 0 amide bonds. The van der Waals surface area contributed by atoms with Gasteiger partial charge in [0, 0.05) is 12.3 Å². The monoisotopic (exact) mass is 231 g/mol. The fourth-order valence-corrected chi connectivity index (χ4v) is 2.73. The molecule has 1 atom stereocenters. The van der Waals surface area contributed by atoms with E-state index >= 15 is 0 Å². The van der Waals surface area contributed by atoms with E-state index in [1.54, 1.807) is 0 Å². The van der Waals surface area contributed by atoms with Crippen molar-refractivity contribution >= 4 is 17.7 Å². The minimum absolute atomic E-state index is 0.619. The van der Waals surface area contributed by atoms with Crippen LogP contribution in [0.15, 0.2) is 0 Å². The van der Waals surface area contributed by atoms with E-state index in [9.17, 15) is 9.90 Å². The van der Waals surface area contributed by atoms with Crippen molar-refractivity contribution < 1.29 is 9.90 Å². The number of piperidine rings is 1. The Morgan fingerprint density at radius 1 is 1.53 bits per heavy atom. The predicted octanol–water partition coefficient (Wildman–Crippen LogP) is 2.07. The third kappa shape index (κ3) is 3.11. The van der Waals surface area contributed by atoms with Crippen LogP contribution in [0.1, 0.15) is 33.1 Å². The van der Waals surface area contributed by atoms with Crippen LogP contribution in [0.4, 0.5) is 0 Å². The highest BCUT2D eigenvalue weighted by molar-refractivity contribution is 7.99. The van der Waals surface area contributed by atoms with Gasteiger partial charge in [-0.05, 0) is 38.5 Å². The Bertz CT molecular complexity index is 223. The van der Waals surface area contributed by atoms with Crippen molar-refractivity contribution in [1.29, 1.82) is 0 Å². The summed E-state index contributed by atoms with van der Waals surface area (Å²) in [4.78, 5) is 13.4. The van der Waals surface area contributed by atoms with E-state index in [0.29, 0.717) is 0 Å². The highest BCUT2D eigenvalue weighted by Crippen LogP contribution is 2.28. The number of carboxylic acids is 1. The van der Waals surface area contributed by atoms with Gasteiger partial charge in [-0.1, -0.05) is 6.92 Å². The Morgan fingerprint density at radius 2 is 2.27 bits per heavy atom. The van der Waals surface area contributed by atoms with Crippen LogP contribution in [0.2, 0.25) is 0 Å². The van der Waals surface area contributed by atoms with Gasteiger partial charge in [0.05, 0.1) is 0 Å². The highest BCUT2D eigenvalue weighted by atomic mass is 32.2. The Morgan fingerprint density at radius 3 is 2.87 bits per heavy atom. The number of hydrogen-bond donors (Lipinski definition) is 1. The van der Waals surface area contributed by atoms with Gasteiger partial charge in [0.1, 0.15) is 5.54 Å². The molecule has 1 rings (SSSR count). The second-order valence-electron chi connectivity index (χ2n) is 4.22. The Balaban J connectivity index is 2.53.